The smallest absolute Gasteiger partial charge is 0.410 e. The van der Waals surface area contributed by atoms with E-state index in [2.05, 4.69) is 13.5 Å². The van der Waals surface area contributed by atoms with Crippen LogP contribution >= 0.6 is 0 Å². The molecule has 0 fully saturated rings. The topological polar surface area (TPSA) is 49.8 Å². The molecule has 4 nitrogen and oxygen atoms in total. The minimum atomic E-state index is -0.678. The third kappa shape index (κ3) is 6.10. The van der Waals surface area contributed by atoms with Crippen molar-refractivity contribution >= 4 is 6.09 Å². The fraction of sp³-hybridized carbons (Fsp3) is 0.800. The number of aliphatic hydroxyl groups is 1. The Labute approximate surface area is 117 Å². The van der Waals surface area contributed by atoms with Crippen LogP contribution in [0.2, 0.25) is 0 Å². The lowest BCUT2D eigenvalue weighted by molar-refractivity contribution is -0.000773. The molecule has 0 rings (SSSR count). The number of carbonyl (C=O) groups excluding carboxylic acids is 1. The van der Waals surface area contributed by atoms with Gasteiger partial charge in [0, 0.05) is 12.1 Å². The number of unbranched alkanes of at least 4 members (excludes halogenated alkanes) is 1. The molecular weight excluding hydrogens is 242 g/mol. The Morgan fingerprint density at radius 1 is 1.32 bits per heavy atom. The lowest BCUT2D eigenvalue weighted by Gasteiger charge is -2.32. The highest BCUT2D eigenvalue weighted by atomic mass is 16.6. The van der Waals surface area contributed by atoms with Gasteiger partial charge in [0.2, 0.25) is 0 Å². The average molecular weight is 271 g/mol. The maximum Gasteiger partial charge on any atom is 0.410 e. The molecule has 0 aliphatic carbocycles. The van der Waals surface area contributed by atoms with Gasteiger partial charge in [-0.1, -0.05) is 26.3 Å². The SMILES string of the molecule is C=CC(OC(=O)N(C(C)C)C(C)C)C(O)CCCC. The predicted octanol–water partition coefficient (Wildman–Crippen LogP) is 3.35. The Balaban J connectivity index is 4.59. The molecule has 0 heterocycles. The van der Waals surface area contributed by atoms with Crippen molar-refractivity contribution in [1.29, 1.82) is 0 Å². The largest absolute Gasteiger partial charge is 0.439 e. The number of carbonyl (C=O) groups is 1. The highest BCUT2D eigenvalue weighted by Crippen LogP contribution is 2.14. The fourth-order valence-corrected chi connectivity index (χ4v) is 2.06. The first-order valence-corrected chi connectivity index (χ1v) is 7.14. The zero-order valence-electron chi connectivity index (χ0n) is 12.9. The zero-order chi connectivity index (χ0) is 15.0. The van der Waals surface area contributed by atoms with Crippen LogP contribution < -0.4 is 0 Å². The van der Waals surface area contributed by atoms with Crippen LogP contribution in [0, 0.1) is 0 Å². The number of ether oxygens (including phenoxy) is 1. The number of aliphatic hydroxyl groups excluding tert-OH is 1. The Kier molecular flexibility index (Phi) is 8.48. The van der Waals surface area contributed by atoms with Gasteiger partial charge in [-0.15, -0.1) is 0 Å². The van der Waals surface area contributed by atoms with Crippen molar-refractivity contribution in [3.63, 3.8) is 0 Å². The summed E-state index contributed by atoms with van der Waals surface area (Å²) in [5.41, 5.74) is 0. The summed E-state index contributed by atoms with van der Waals surface area (Å²) in [5, 5.41) is 9.98. The molecule has 0 saturated heterocycles. The van der Waals surface area contributed by atoms with Crippen molar-refractivity contribution in [2.45, 2.75) is 78.2 Å². The summed E-state index contributed by atoms with van der Waals surface area (Å²) in [6, 6.07) is 0.122. The first-order chi connectivity index (χ1) is 8.84. The van der Waals surface area contributed by atoms with Crippen molar-refractivity contribution < 1.29 is 14.6 Å². The number of nitrogens with zero attached hydrogens (tertiary/aromatic N) is 1. The average Bonchev–Trinajstić information content (AvgIpc) is 2.31. The lowest BCUT2D eigenvalue weighted by atomic mass is 10.1. The van der Waals surface area contributed by atoms with E-state index in [0.29, 0.717) is 6.42 Å². The van der Waals surface area contributed by atoms with Crippen molar-refractivity contribution in [1.82, 2.24) is 4.90 Å². The maximum atomic E-state index is 12.1. The Morgan fingerprint density at radius 2 is 1.84 bits per heavy atom. The van der Waals surface area contributed by atoms with Crippen molar-refractivity contribution in [2.24, 2.45) is 0 Å². The monoisotopic (exact) mass is 271 g/mol. The molecule has 0 radical (unpaired) electrons. The molecular formula is C15H29NO3. The van der Waals surface area contributed by atoms with Crippen LogP contribution in [-0.2, 0) is 4.74 Å². The Morgan fingerprint density at radius 3 is 2.21 bits per heavy atom. The standard InChI is InChI=1S/C15H29NO3/c1-7-9-10-13(17)14(8-2)19-15(18)16(11(3)4)12(5)6/h8,11-14,17H,2,7,9-10H2,1,3-6H3. The number of amides is 1. The van der Waals surface area contributed by atoms with E-state index in [-0.39, 0.29) is 12.1 Å². The summed E-state index contributed by atoms with van der Waals surface area (Å²) < 4.78 is 5.36. The van der Waals surface area contributed by atoms with Crippen molar-refractivity contribution in [3.05, 3.63) is 12.7 Å². The molecule has 19 heavy (non-hydrogen) atoms. The van der Waals surface area contributed by atoms with E-state index in [1.54, 1.807) is 4.90 Å². The van der Waals surface area contributed by atoms with E-state index in [4.69, 9.17) is 4.74 Å². The highest BCUT2D eigenvalue weighted by Gasteiger charge is 2.26. The molecule has 2 atom stereocenters. The van der Waals surface area contributed by atoms with E-state index in [1.165, 1.54) is 6.08 Å². The third-order valence-corrected chi connectivity index (χ3v) is 3.03. The second-order valence-corrected chi connectivity index (χ2v) is 5.39. The second kappa shape index (κ2) is 8.97. The highest BCUT2D eigenvalue weighted by molar-refractivity contribution is 5.68. The van der Waals surface area contributed by atoms with Gasteiger partial charge in [0.25, 0.3) is 0 Å². The van der Waals surface area contributed by atoms with Gasteiger partial charge < -0.3 is 14.7 Å². The molecule has 0 saturated carbocycles. The second-order valence-electron chi connectivity index (χ2n) is 5.39. The summed E-state index contributed by atoms with van der Waals surface area (Å²) in [5.74, 6) is 0. The van der Waals surface area contributed by atoms with Gasteiger partial charge in [-0.25, -0.2) is 4.79 Å². The molecule has 0 aromatic carbocycles. The van der Waals surface area contributed by atoms with Gasteiger partial charge in [0.15, 0.2) is 0 Å². The normalized spacial score (nSPS) is 14.3. The van der Waals surface area contributed by atoms with Gasteiger partial charge >= 0.3 is 6.09 Å². The molecule has 2 unspecified atom stereocenters. The minimum absolute atomic E-state index is 0.0609. The van der Waals surface area contributed by atoms with E-state index in [0.717, 1.165) is 12.8 Å². The molecule has 1 N–H and O–H groups in total. The summed E-state index contributed by atoms with van der Waals surface area (Å²) in [6.45, 7) is 13.5. The van der Waals surface area contributed by atoms with Crippen LogP contribution in [0.4, 0.5) is 4.79 Å². The molecule has 0 aromatic rings. The maximum absolute atomic E-state index is 12.1. The molecule has 0 bridgehead atoms. The molecule has 0 spiro atoms. The van der Waals surface area contributed by atoms with Crippen LogP contribution in [0.15, 0.2) is 12.7 Å². The number of hydrogen-bond donors (Lipinski definition) is 1. The number of rotatable bonds is 8. The Bertz CT molecular complexity index is 269. The molecule has 0 aromatic heterocycles. The fourth-order valence-electron chi connectivity index (χ4n) is 2.06. The predicted molar refractivity (Wildman–Crippen MR) is 78.1 cm³/mol. The summed E-state index contributed by atoms with van der Waals surface area (Å²) >= 11 is 0. The lowest BCUT2D eigenvalue weighted by Crippen LogP contribution is -2.45. The van der Waals surface area contributed by atoms with Crippen molar-refractivity contribution in [2.75, 3.05) is 0 Å². The van der Waals surface area contributed by atoms with E-state index in [9.17, 15) is 9.90 Å². The first kappa shape index (κ1) is 18.0. The first-order valence-electron chi connectivity index (χ1n) is 7.14. The molecule has 1 amide bonds. The molecule has 4 heteroatoms. The van der Waals surface area contributed by atoms with Gasteiger partial charge in [0.1, 0.15) is 6.10 Å². The minimum Gasteiger partial charge on any atom is -0.439 e. The molecule has 112 valence electrons. The van der Waals surface area contributed by atoms with E-state index >= 15 is 0 Å². The van der Waals surface area contributed by atoms with Crippen LogP contribution in [-0.4, -0.2) is 40.4 Å². The van der Waals surface area contributed by atoms with E-state index in [1.807, 2.05) is 27.7 Å². The van der Waals surface area contributed by atoms with Gasteiger partial charge in [-0.3, -0.25) is 0 Å². The summed E-state index contributed by atoms with van der Waals surface area (Å²) in [4.78, 5) is 13.8. The Hall–Kier alpha value is -1.03. The zero-order valence-corrected chi connectivity index (χ0v) is 12.9. The molecule has 0 aliphatic heterocycles. The van der Waals surface area contributed by atoms with Gasteiger partial charge in [0.05, 0.1) is 6.10 Å². The van der Waals surface area contributed by atoms with Gasteiger partial charge in [-0.2, -0.15) is 0 Å². The van der Waals surface area contributed by atoms with Crippen LogP contribution in [0.3, 0.4) is 0 Å². The van der Waals surface area contributed by atoms with Crippen LogP contribution in [0.25, 0.3) is 0 Å². The van der Waals surface area contributed by atoms with Gasteiger partial charge in [-0.05, 0) is 40.2 Å². The summed E-state index contributed by atoms with van der Waals surface area (Å²) in [7, 11) is 0. The van der Waals surface area contributed by atoms with E-state index < -0.39 is 18.3 Å². The quantitative estimate of drug-likeness (QED) is 0.689. The molecule has 0 aliphatic rings. The third-order valence-electron chi connectivity index (χ3n) is 3.03. The summed E-state index contributed by atoms with van der Waals surface area (Å²) in [6.07, 6.45) is 2.30. The van der Waals surface area contributed by atoms with Crippen LogP contribution in [0.1, 0.15) is 53.9 Å². The van der Waals surface area contributed by atoms with Crippen LogP contribution in [0.5, 0.6) is 0 Å². The van der Waals surface area contributed by atoms with Crippen molar-refractivity contribution in [3.8, 4) is 0 Å². The number of hydrogen-bond acceptors (Lipinski definition) is 3.